The number of aromatic nitrogens is 3. The van der Waals surface area contributed by atoms with Crippen LogP contribution in [0.3, 0.4) is 0 Å². The first-order valence-corrected chi connectivity index (χ1v) is 11.1. The van der Waals surface area contributed by atoms with Crippen LogP contribution in [0.1, 0.15) is 35.5 Å². The quantitative estimate of drug-likeness (QED) is 0.455. The maximum Gasteiger partial charge on any atom is 0.416 e. The number of hydrogen-bond acceptors (Lipinski definition) is 9. The SMILES string of the molecule is COC(=O)CC1CCN(c2ccc(NC(=O)c3nnc(Nc4ccc(C(F)(F)F)cc4)o3)cn2)CC1. The van der Waals surface area contributed by atoms with Crippen molar-refractivity contribution in [2.75, 3.05) is 35.7 Å². The summed E-state index contributed by atoms with van der Waals surface area (Å²) in [6.07, 6.45) is -0.806. The van der Waals surface area contributed by atoms with Crippen LogP contribution in [0.4, 0.5) is 36.4 Å². The van der Waals surface area contributed by atoms with Crippen LogP contribution < -0.4 is 15.5 Å². The predicted octanol–water partition coefficient (Wildman–Crippen LogP) is 4.26. The normalized spacial score (nSPS) is 14.4. The number of benzene rings is 1. The van der Waals surface area contributed by atoms with Gasteiger partial charge in [-0.3, -0.25) is 9.59 Å². The molecule has 0 bridgehead atoms. The third-order valence-electron chi connectivity index (χ3n) is 5.71. The van der Waals surface area contributed by atoms with E-state index in [9.17, 15) is 22.8 Å². The lowest BCUT2D eigenvalue weighted by Gasteiger charge is -2.32. The lowest BCUT2D eigenvalue weighted by Crippen LogP contribution is -2.35. The molecular formula is C23H23F3N6O4. The average molecular weight is 504 g/mol. The molecule has 2 aromatic heterocycles. The molecule has 1 aliphatic rings. The van der Waals surface area contributed by atoms with E-state index in [2.05, 4.69) is 30.7 Å². The highest BCUT2D eigenvalue weighted by Gasteiger charge is 2.30. The molecule has 4 rings (SSSR count). The molecule has 0 aliphatic carbocycles. The fraction of sp³-hybridized carbons (Fsp3) is 0.348. The van der Waals surface area contributed by atoms with E-state index in [1.165, 1.54) is 25.4 Å². The summed E-state index contributed by atoms with van der Waals surface area (Å²) in [6.45, 7) is 1.52. The highest BCUT2D eigenvalue weighted by Crippen LogP contribution is 2.30. The van der Waals surface area contributed by atoms with E-state index < -0.39 is 17.6 Å². The molecule has 1 saturated heterocycles. The van der Waals surface area contributed by atoms with Gasteiger partial charge < -0.3 is 24.7 Å². The van der Waals surface area contributed by atoms with Crippen LogP contribution in [-0.4, -0.2) is 47.3 Å². The van der Waals surface area contributed by atoms with Gasteiger partial charge in [0.1, 0.15) is 5.82 Å². The fourth-order valence-electron chi connectivity index (χ4n) is 3.75. The summed E-state index contributed by atoms with van der Waals surface area (Å²) in [6, 6.07) is 7.56. The van der Waals surface area contributed by atoms with E-state index in [4.69, 9.17) is 9.15 Å². The van der Waals surface area contributed by atoms with Crippen LogP contribution in [0, 0.1) is 5.92 Å². The van der Waals surface area contributed by atoms with Gasteiger partial charge in [0.15, 0.2) is 0 Å². The molecule has 1 amide bonds. The number of halogens is 3. The monoisotopic (exact) mass is 504 g/mol. The molecule has 190 valence electrons. The lowest BCUT2D eigenvalue weighted by molar-refractivity contribution is -0.142. The maximum absolute atomic E-state index is 12.7. The average Bonchev–Trinajstić information content (AvgIpc) is 3.33. The van der Waals surface area contributed by atoms with Crippen molar-refractivity contribution in [2.45, 2.75) is 25.4 Å². The van der Waals surface area contributed by atoms with Crippen LogP contribution >= 0.6 is 0 Å². The summed E-state index contributed by atoms with van der Waals surface area (Å²) in [5, 5.41) is 12.6. The highest BCUT2D eigenvalue weighted by atomic mass is 19.4. The Kier molecular flexibility index (Phi) is 7.36. The Balaban J connectivity index is 1.29. The molecular weight excluding hydrogens is 481 g/mol. The van der Waals surface area contributed by atoms with Crippen molar-refractivity contribution in [3.63, 3.8) is 0 Å². The summed E-state index contributed by atoms with van der Waals surface area (Å²) in [5.74, 6) is -0.150. The molecule has 0 spiro atoms. The zero-order chi connectivity index (χ0) is 25.7. The minimum atomic E-state index is -4.44. The third kappa shape index (κ3) is 6.29. The molecule has 10 nitrogen and oxygen atoms in total. The summed E-state index contributed by atoms with van der Waals surface area (Å²) < 4.78 is 48.0. The molecule has 0 atom stereocenters. The Morgan fingerprint density at radius 3 is 2.39 bits per heavy atom. The Hall–Kier alpha value is -4.16. The molecule has 0 saturated carbocycles. The Bertz CT molecular complexity index is 1190. The Morgan fingerprint density at radius 1 is 1.08 bits per heavy atom. The number of nitrogens with one attached hydrogen (secondary N) is 2. The van der Waals surface area contributed by atoms with Crippen LogP contribution in [0.25, 0.3) is 0 Å². The smallest absolute Gasteiger partial charge is 0.416 e. The van der Waals surface area contributed by atoms with Crippen molar-refractivity contribution < 1.29 is 31.9 Å². The van der Waals surface area contributed by atoms with E-state index in [1.807, 2.05) is 0 Å². The molecule has 0 radical (unpaired) electrons. The first kappa shape index (κ1) is 24.9. The van der Waals surface area contributed by atoms with Crippen molar-refractivity contribution in [2.24, 2.45) is 5.92 Å². The maximum atomic E-state index is 12.7. The van der Waals surface area contributed by atoms with E-state index in [0.29, 0.717) is 18.0 Å². The van der Waals surface area contributed by atoms with Gasteiger partial charge in [-0.15, -0.1) is 5.10 Å². The molecule has 3 aromatic rings. The molecule has 36 heavy (non-hydrogen) atoms. The Morgan fingerprint density at radius 2 is 1.78 bits per heavy atom. The molecule has 13 heteroatoms. The summed E-state index contributed by atoms with van der Waals surface area (Å²) in [4.78, 5) is 30.4. The van der Waals surface area contributed by atoms with Gasteiger partial charge in [0.05, 0.1) is 24.6 Å². The van der Waals surface area contributed by atoms with E-state index in [0.717, 1.165) is 43.9 Å². The first-order valence-electron chi connectivity index (χ1n) is 11.1. The minimum absolute atomic E-state index is 0.149. The number of alkyl halides is 3. The molecule has 1 aliphatic heterocycles. The molecule has 0 unspecified atom stereocenters. The van der Waals surface area contributed by atoms with Gasteiger partial charge in [-0.05, 0) is 55.2 Å². The molecule has 2 N–H and O–H groups in total. The number of esters is 1. The summed E-state index contributed by atoms with van der Waals surface area (Å²) >= 11 is 0. The molecule has 1 fully saturated rings. The van der Waals surface area contributed by atoms with Crippen molar-refractivity contribution in [1.29, 1.82) is 0 Å². The van der Waals surface area contributed by atoms with Gasteiger partial charge in [-0.2, -0.15) is 13.2 Å². The second kappa shape index (κ2) is 10.6. The standard InChI is InChI=1S/C23H23F3N6O4/c1-35-19(33)12-14-8-10-32(11-9-14)18-7-6-17(13-27-18)28-20(34)21-30-31-22(36-21)29-16-4-2-15(3-5-16)23(24,25)26/h2-7,13-14H,8-12H2,1H3,(H,28,34)(H,29,31). The van der Waals surface area contributed by atoms with E-state index in [1.54, 1.807) is 12.1 Å². The van der Waals surface area contributed by atoms with Gasteiger partial charge in [0.25, 0.3) is 0 Å². The third-order valence-corrected chi connectivity index (χ3v) is 5.71. The van der Waals surface area contributed by atoms with Crippen LogP contribution in [-0.2, 0) is 15.7 Å². The number of amides is 1. The van der Waals surface area contributed by atoms with E-state index in [-0.39, 0.29) is 23.6 Å². The number of anilines is 4. The van der Waals surface area contributed by atoms with Crippen LogP contribution in [0.2, 0.25) is 0 Å². The number of nitrogens with zero attached hydrogens (tertiary/aromatic N) is 4. The van der Waals surface area contributed by atoms with E-state index >= 15 is 0 Å². The number of methoxy groups -OCH3 is 1. The topological polar surface area (TPSA) is 122 Å². The van der Waals surface area contributed by atoms with Gasteiger partial charge in [-0.1, -0.05) is 5.10 Å². The number of ether oxygens (including phenoxy) is 1. The number of pyridine rings is 1. The fourth-order valence-corrected chi connectivity index (χ4v) is 3.75. The number of rotatable bonds is 7. The first-order chi connectivity index (χ1) is 17.2. The second-order valence-corrected chi connectivity index (χ2v) is 8.18. The minimum Gasteiger partial charge on any atom is -0.469 e. The second-order valence-electron chi connectivity index (χ2n) is 8.18. The van der Waals surface area contributed by atoms with Gasteiger partial charge >= 0.3 is 30.0 Å². The van der Waals surface area contributed by atoms with Crippen molar-refractivity contribution >= 4 is 35.1 Å². The van der Waals surface area contributed by atoms with Gasteiger partial charge in [-0.25, -0.2) is 4.98 Å². The van der Waals surface area contributed by atoms with Crippen molar-refractivity contribution in [3.8, 4) is 0 Å². The Labute approximate surface area is 203 Å². The zero-order valence-corrected chi connectivity index (χ0v) is 19.2. The lowest BCUT2D eigenvalue weighted by atomic mass is 9.93. The number of carbonyl (C=O) groups is 2. The van der Waals surface area contributed by atoms with Gasteiger partial charge in [0.2, 0.25) is 0 Å². The predicted molar refractivity (Wildman–Crippen MR) is 123 cm³/mol. The number of hydrogen-bond donors (Lipinski definition) is 2. The molecule has 3 heterocycles. The van der Waals surface area contributed by atoms with Gasteiger partial charge in [0, 0.05) is 25.2 Å². The summed E-state index contributed by atoms with van der Waals surface area (Å²) in [5.41, 5.74) is -0.0891. The van der Waals surface area contributed by atoms with Crippen LogP contribution in [0.5, 0.6) is 0 Å². The van der Waals surface area contributed by atoms with Crippen LogP contribution in [0.15, 0.2) is 47.0 Å². The number of piperidine rings is 1. The highest BCUT2D eigenvalue weighted by molar-refractivity contribution is 6.00. The van der Waals surface area contributed by atoms with Crippen molar-refractivity contribution in [3.05, 3.63) is 54.0 Å². The largest absolute Gasteiger partial charge is 0.469 e. The summed E-state index contributed by atoms with van der Waals surface area (Å²) in [7, 11) is 1.39. The van der Waals surface area contributed by atoms with Crippen molar-refractivity contribution in [1.82, 2.24) is 15.2 Å². The molecule has 1 aromatic carbocycles. The zero-order valence-electron chi connectivity index (χ0n) is 19.2. The number of carbonyl (C=O) groups excluding carboxylic acids is 2.